The van der Waals surface area contributed by atoms with Crippen LogP contribution in [0.25, 0.3) is 20.3 Å². The molecular weight excluding hydrogens is 356 g/mol. The van der Waals surface area contributed by atoms with Crippen molar-refractivity contribution in [3.05, 3.63) is 34.3 Å². The summed E-state index contributed by atoms with van der Waals surface area (Å²) in [5, 5.41) is 11.1. The predicted octanol–water partition coefficient (Wildman–Crippen LogP) is 3.88. The lowest BCUT2D eigenvalue weighted by molar-refractivity contribution is -0.118. The predicted molar refractivity (Wildman–Crippen MR) is 102 cm³/mol. The molecule has 0 saturated carbocycles. The summed E-state index contributed by atoms with van der Waals surface area (Å²) in [6.45, 7) is 3.82. The first-order valence-corrected chi connectivity index (χ1v) is 9.41. The summed E-state index contributed by atoms with van der Waals surface area (Å²) in [5.74, 6) is 1.15. The topological polar surface area (TPSA) is 69.0 Å². The van der Waals surface area contributed by atoms with Crippen molar-refractivity contribution < 1.29 is 9.53 Å². The molecule has 0 aliphatic carbocycles. The van der Waals surface area contributed by atoms with Crippen LogP contribution < -0.4 is 10.1 Å². The maximum absolute atomic E-state index is 12.2. The lowest BCUT2D eigenvalue weighted by atomic mass is 10.2. The van der Waals surface area contributed by atoms with Crippen LogP contribution >= 0.6 is 22.7 Å². The van der Waals surface area contributed by atoms with Gasteiger partial charge in [0.1, 0.15) is 11.6 Å². The standard InChI is InChI=1S/C17H16N4O2S2/c1-9-6-14(21(3)20-9)19-15(22)8-23-12-7-13-16(18-10(2)25-13)17-11(12)4-5-24-17/h4-7H,8H2,1-3H3,(H,19,22). The number of thiophene rings is 1. The number of nitrogens with one attached hydrogen (secondary N) is 1. The molecular formula is C17H16N4O2S2. The summed E-state index contributed by atoms with van der Waals surface area (Å²) in [4.78, 5) is 16.8. The molecule has 0 saturated heterocycles. The maximum atomic E-state index is 12.2. The SMILES string of the molecule is Cc1cc(NC(=O)COc2cc3sc(C)nc3c3sccc23)n(C)n1. The lowest BCUT2D eigenvalue weighted by Gasteiger charge is -2.09. The van der Waals surface area contributed by atoms with Crippen LogP contribution in [0, 0.1) is 13.8 Å². The summed E-state index contributed by atoms with van der Waals surface area (Å²) in [7, 11) is 1.79. The van der Waals surface area contributed by atoms with Crippen molar-refractivity contribution in [2.24, 2.45) is 7.05 Å². The minimum absolute atomic E-state index is 0.0571. The van der Waals surface area contributed by atoms with Gasteiger partial charge in [-0.3, -0.25) is 9.48 Å². The van der Waals surface area contributed by atoms with Gasteiger partial charge >= 0.3 is 0 Å². The van der Waals surface area contributed by atoms with Gasteiger partial charge in [-0.15, -0.1) is 22.7 Å². The van der Waals surface area contributed by atoms with Gasteiger partial charge in [-0.05, 0) is 25.3 Å². The molecule has 3 heterocycles. The number of aromatic nitrogens is 3. The Hall–Kier alpha value is -2.45. The fourth-order valence-electron chi connectivity index (χ4n) is 2.76. The van der Waals surface area contributed by atoms with Gasteiger partial charge in [-0.25, -0.2) is 4.98 Å². The van der Waals surface area contributed by atoms with E-state index in [1.54, 1.807) is 34.4 Å². The van der Waals surface area contributed by atoms with Crippen LogP contribution in [0.5, 0.6) is 5.75 Å². The van der Waals surface area contributed by atoms with Crippen molar-refractivity contribution in [3.63, 3.8) is 0 Å². The van der Waals surface area contributed by atoms with Crippen molar-refractivity contribution in [2.45, 2.75) is 13.8 Å². The van der Waals surface area contributed by atoms with E-state index in [0.29, 0.717) is 11.6 Å². The van der Waals surface area contributed by atoms with E-state index in [-0.39, 0.29) is 12.5 Å². The fourth-order valence-corrected chi connectivity index (χ4v) is 4.59. The number of ether oxygens (including phenoxy) is 1. The smallest absolute Gasteiger partial charge is 0.263 e. The van der Waals surface area contributed by atoms with E-state index >= 15 is 0 Å². The lowest BCUT2D eigenvalue weighted by Crippen LogP contribution is -2.21. The number of carbonyl (C=O) groups excluding carboxylic acids is 1. The first kappa shape index (κ1) is 16.0. The second kappa shape index (κ2) is 6.12. The minimum atomic E-state index is -0.216. The fraction of sp³-hybridized carbons (Fsp3) is 0.235. The Morgan fingerprint density at radius 3 is 2.96 bits per heavy atom. The molecule has 3 aromatic heterocycles. The highest BCUT2D eigenvalue weighted by Gasteiger charge is 2.14. The average Bonchev–Trinajstić information content (AvgIpc) is 3.23. The molecule has 0 unspecified atom stereocenters. The van der Waals surface area contributed by atoms with Gasteiger partial charge < -0.3 is 10.1 Å². The van der Waals surface area contributed by atoms with Crippen molar-refractivity contribution in [2.75, 3.05) is 11.9 Å². The molecule has 6 nitrogen and oxygen atoms in total. The van der Waals surface area contributed by atoms with Crippen LogP contribution in [-0.4, -0.2) is 27.3 Å². The summed E-state index contributed by atoms with van der Waals surface area (Å²) in [5.41, 5.74) is 1.86. The van der Waals surface area contributed by atoms with E-state index in [9.17, 15) is 4.79 Å². The first-order chi connectivity index (χ1) is 12.0. The number of benzene rings is 1. The molecule has 1 aromatic carbocycles. The molecule has 0 bridgehead atoms. The second-order valence-corrected chi connectivity index (χ2v) is 7.90. The molecule has 1 N–H and O–H groups in total. The molecule has 0 aliphatic heterocycles. The Labute approximate surface area is 152 Å². The molecule has 0 radical (unpaired) electrons. The maximum Gasteiger partial charge on any atom is 0.263 e. The third kappa shape index (κ3) is 2.98. The number of carbonyl (C=O) groups is 1. The number of nitrogens with zero attached hydrogens (tertiary/aromatic N) is 3. The number of aryl methyl sites for hydroxylation is 3. The van der Waals surface area contributed by atoms with Gasteiger partial charge in [0, 0.05) is 24.6 Å². The zero-order chi connectivity index (χ0) is 17.6. The molecule has 0 spiro atoms. The summed E-state index contributed by atoms with van der Waals surface area (Å²) < 4.78 is 9.63. The van der Waals surface area contributed by atoms with Crippen molar-refractivity contribution in [1.82, 2.24) is 14.8 Å². The highest BCUT2D eigenvalue weighted by Crippen LogP contribution is 2.38. The van der Waals surface area contributed by atoms with Crippen LogP contribution in [0.15, 0.2) is 23.6 Å². The van der Waals surface area contributed by atoms with Gasteiger partial charge in [0.05, 0.1) is 25.6 Å². The summed E-state index contributed by atoms with van der Waals surface area (Å²) >= 11 is 3.27. The van der Waals surface area contributed by atoms with Crippen LogP contribution in [0.4, 0.5) is 5.82 Å². The zero-order valence-corrected chi connectivity index (χ0v) is 15.6. The molecule has 128 valence electrons. The van der Waals surface area contributed by atoms with Gasteiger partial charge in [-0.2, -0.15) is 5.10 Å². The molecule has 25 heavy (non-hydrogen) atoms. The second-order valence-electron chi connectivity index (χ2n) is 5.75. The van der Waals surface area contributed by atoms with Crippen LogP contribution in [0.1, 0.15) is 10.7 Å². The quantitative estimate of drug-likeness (QED) is 0.590. The van der Waals surface area contributed by atoms with E-state index in [1.165, 1.54) is 0 Å². The number of hydrogen-bond acceptors (Lipinski definition) is 6. The van der Waals surface area contributed by atoms with Crippen LogP contribution in [0.3, 0.4) is 0 Å². The van der Waals surface area contributed by atoms with E-state index in [4.69, 9.17) is 4.74 Å². The molecule has 0 aliphatic rings. The van der Waals surface area contributed by atoms with Gasteiger partial charge in [0.15, 0.2) is 6.61 Å². The normalized spacial score (nSPS) is 11.3. The first-order valence-electron chi connectivity index (χ1n) is 7.72. The van der Waals surface area contributed by atoms with E-state index in [2.05, 4.69) is 15.4 Å². The molecule has 0 fully saturated rings. The highest BCUT2D eigenvalue weighted by atomic mass is 32.1. The zero-order valence-electron chi connectivity index (χ0n) is 14.0. The Morgan fingerprint density at radius 1 is 1.36 bits per heavy atom. The molecule has 8 heteroatoms. The number of amides is 1. The highest BCUT2D eigenvalue weighted by molar-refractivity contribution is 7.21. The van der Waals surface area contributed by atoms with Crippen molar-refractivity contribution in [3.8, 4) is 5.75 Å². The van der Waals surface area contributed by atoms with Crippen LogP contribution in [-0.2, 0) is 11.8 Å². The number of rotatable bonds is 4. The number of anilines is 1. The molecule has 1 amide bonds. The van der Waals surface area contributed by atoms with E-state index in [1.807, 2.05) is 37.4 Å². The molecule has 4 aromatic rings. The number of thiazole rings is 1. The van der Waals surface area contributed by atoms with Gasteiger partial charge in [-0.1, -0.05) is 0 Å². The van der Waals surface area contributed by atoms with Crippen molar-refractivity contribution >= 4 is 54.7 Å². The van der Waals surface area contributed by atoms with Crippen molar-refractivity contribution in [1.29, 1.82) is 0 Å². The largest absolute Gasteiger partial charge is 0.483 e. The third-order valence-corrected chi connectivity index (χ3v) is 5.64. The van der Waals surface area contributed by atoms with Gasteiger partial charge in [0.2, 0.25) is 0 Å². The Bertz CT molecular complexity index is 1090. The Balaban J connectivity index is 1.56. The van der Waals surface area contributed by atoms with Gasteiger partial charge in [0.25, 0.3) is 5.91 Å². The van der Waals surface area contributed by atoms with E-state index < -0.39 is 0 Å². The molecule has 0 atom stereocenters. The molecule has 4 rings (SSSR count). The van der Waals surface area contributed by atoms with E-state index in [0.717, 1.165) is 31.0 Å². The monoisotopic (exact) mass is 372 g/mol. The third-order valence-electron chi connectivity index (χ3n) is 3.80. The number of fused-ring (bicyclic) bond motifs is 3. The average molecular weight is 372 g/mol. The summed E-state index contributed by atoms with van der Waals surface area (Å²) in [6.07, 6.45) is 0. The summed E-state index contributed by atoms with van der Waals surface area (Å²) in [6, 6.07) is 5.80. The minimum Gasteiger partial charge on any atom is -0.483 e. The Kier molecular flexibility index (Phi) is 3.93. The Morgan fingerprint density at radius 2 is 2.20 bits per heavy atom. The number of hydrogen-bond donors (Lipinski definition) is 1. The van der Waals surface area contributed by atoms with Crippen LogP contribution in [0.2, 0.25) is 0 Å².